The maximum Gasteiger partial charge on any atom is 0.330 e. The minimum Gasteiger partial charge on any atom is -0.366 e. The molecule has 2 atom stereocenters. The molecule has 2 heterocycles. The Morgan fingerprint density at radius 1 is 1.16 bits per heavy atom. The van der Waals surface area contributed by atoms with Crippen LogP contribution in [0.4, 0.5) is 16.2 Å². The summed E-state index contributed by atoms with van der Waals surface area (Å²) >= 11 is 0. The van der Waals surface area contributed by atoms with Gasteiger partial charge in [-0.2, -0.15) is 0 Å². The quantitative estimate of drug-likeness (QED) is 0.438. The molecule has 2 aliphatic rings. The van der Waals surface area contributed by atoms with Gasteiger partial charge in [0.1, 0.15) is 0 Å². The molecule has 1 saturated heterocycles. The number of carbonyl (C=O) groups excluding carboxylic acids is 3. The lowest BCUT2D eigenvalue weighted by molar-refractivity contribution is -0.384. The Kier molecular flexibility index (Phi) is 5.41. The summed E-state index contributed by atoms with van der Waals surface area (Å²) in [6.07, 6.45) is 1.33. The molecule has 0 radical (unpaired) electrons. The molecule has 9 nitrogen and oxygen atoms in total. The molecule has 0 aromatic heterocycles. The molecule has 32 heavy (non-hydrogen) atoms. The number of anilines is 1. The number of hydrogen-bond acceptors (Lipinski definition) is 6. The zero-order chi connectivity index (χ0) is 23.0. The highest BCUT2D eigenvalue weighted by Gasteiger charge is 2.62. The van der Waals surface area contributed by atoms with E-state index in [0.717, 1.165) is 16.9 Å². The minimum absolute atomic E-state index is 0.0471. The van der Waals surface area contributed by atoms with Crippen LogP contribution in [0.5, 0.6) is 0 Å². The van der Waals surface area contributed by atoms with Crippen molar-refractivity contribution in [1.29, 1.82) is 0 Å². The Labute approximate surface area is 185 Å². The van der Waals surface area contributed by atoms with E-state index in [0.29, 0.717) is 17.7 Å². The Morgan fingerprint density at radius 3 is 2.53 bits per heavy atom. The van der Waals surface area contributed by atoms with Gasteiger partial charge in [-0.25, -0.2) is 4.79 Å². The van der Waals surface area contributed by atoms with E-state index < -0.39 is 34.2 Å². The van der Waals surface area contributed by atoms with Gasteiger partial charge in [0, 0.05) is 37.8 Å². The van der Waals surface area contributed by atoms with Crippen LogP contribution in [-0.4, -0.2) is 41.3 Å². The van der Waals surface area contributed by atoms with E-state index >= 15 is 0 Å². The van der Waals surface area contributed by atoms with Crippen LogP contribution in [0.25, 0.3) is 0 Å². The topological polar surface area (TPSA) is 113 Å². The van der Waals surface area contributed by atoms with Crippen molar-refractivity contribution in [3.8, 4) is 0 Å². The number of rotatable bonds is 5. The number of hydrogen-bond donors (Lipinski definition) is 1. The molecule has 166 valence electrons. The highest BCUT2D eigenvalue weighted by Crippen LogP contribution is 2.51. The number of fused-ring (bicyclic) bond motifs is 1. The first-order valence-corrected chi connectivity index (χ1v) is 10.5. The van der Waals surface area contributed by atoms with Crippen LogP contribution in [0.1, 0.15) is 36.9 Å². The number of urea groups is 1. The first kappa shape index (κ1) is 21.5. The van der Waals surface area contributed by atoms with Gasteiger partial charge < -0.3 is 4.90 Å². The average molecular weight is 436 g/mol. The summed E-state index contributed by atoms with van der Waals surface area (Å²) in [6.45, 7) is 2.15. The van der Waals surface area contributed by atoms with Gasteiger partial charge in [-0.1, -0.05) is 43.7 Å². The number of barbiturate groups is 1. The standard InChI is InChI=1S/C23H24N4O5/c1-3-4-12-26-21(29)23(20(28)24-22(26)30)14-16-13-17(27(31)32)10-11-18(16)25(2)19(23)15-8-6-5-7-9-15/h5-11,13,19H,3-4,12,14H2,1-2H3,(H,24,28,30)/t19-,23+/m0/s1. The lowest BCUT2D eigenvalue weighted by Gasteiger charge is -2.51. The van der Waals surface area contributed by atoms with E-state index in [1.54, 1.807) is 13.1 Å². The Hall–Kier alpha value is -3.75. The smallest absolute Gasteiger partial charge is 0.330 e. The number of benzene rings is 2. The fraction of sp³-hybridized carbons (Fsp3) is 0.348. The second-order valence-electron chi connectivity index (χ2n) is 8.21. The predicted octanol–water partition coefficient (Wildman–Crippen LogP) is 3.19. The van der Waals surface area contributed by atoms with Crippen LogP contribution in [0.15, 0.2) is 48.5 Å². The van der Waals surface area contributed by atoms with Crippen molar-refractivity contribution < 1.29 is 19.3 Å². The summed E-state index contributed by atoms with van der Waals surface area (Å²) in [7, 11) is 1.76. The Bertz CT molecular complexity index is 1100. The molecule has 0 unspecified atom stereocenters. The van der Waals surface area contributed by atoms with Gasteiger partial charge in [0.15, 0.2) is 5.41 Å². The highest BCUT2D eigenvalue weighted by atomic mass is 16.6. The SMILES string of the molecule is CCCCN1C(=O)NC(=O)[C@]2(Cc3cc([N+](=O)[O-])ccc3N(C)[C@H]2c2ccccc2)C1=O. The molecule has 2 aromatic carbocycles. The van der Waals surface area contributed by atoms with Gasteiger partial charge >= 0.3 is 6.03 Å². The summed E-state index contributed by atoms with van der Waals surface area (Å²) in [5, 5.41) is 13.7. The summed E-state index contributed by atoms with van der Waals surface area (Å²) in [6, 6.07) is 12.2. The fourth-order valence-electron chi connectivity index (χ4n) is 4.80. The molecular formula is C23H24N4O5. The van der Waals surface area contributed by atoms with Crippen molar-refractivity contribution in [1.82, 2.24) is 10.2 Å². The third kappa shape index (κ3) is 3.21. The molecule has 2 aliphatic heterocycles. The minimum atomic E-state index is -1.64. The fourth-order valence-corrected chi connectivity index (χ4v) is 4.80. The van der Waals surface area contributed by atoms with Gasteiger partial charge in [0.25, 0.3) is 5.69 Å². The van der Waals surface area contributed by atoms with Crippen molar-refractivity contribution in [3.05, 3.63) is 69.8 Å². The second kappa shape index (κ2) is 8.07. The molecule has 1 spiro atoms. The van der Waals surface area contributed by atoms with Crippen LogP contribution in [0.3, 0.4) is 0 Å². The molecule has 4 amide bonds. The summed E-state index contributed by atoms with van der Waals surface area (Å²) in [5.74, 6) is -1.25. The molecule has 0 saturated carbocycles. The van der Waals surface area contributed by atoms with Crippen LogP contribution < -0.4 is 10.2 Å². The van der Waals surface area contributed by atoms with Gasteiger partial charge in [0.2, 0.25) is 11.8 Å². The van der Waals surface area contributed by atoms with E-state index in [9.17, 15) is 24.5 Å². The van der Waals surface area contributed by atoms with Crippen LogP contribution in [0.2, 0.25) is 0 Å². The molecule has 1 N–H and O–H groups in total. The number of non-ortho nitro benzene ring substituents is 1. The Morgan fingerprint density at radius 2 is 1.88 bits per heavy atom. The van der Waals surface area contributed by atoms with E-state index in [4.69, 9.17) is 0 Å². The van der Waals surface area contributed by atoms with E-state index in [1.165, 1.54) is 12.1 Å². The zero-order valence-corrected chi connectivity index (χ0v) is 17.9. The monoisotopic (exact) mass is 436 g/mol. The first-order chi connectivity index (χ1) is 15.3. The summed E-state index contributed by atoms with van der Waals surface area (Å²) < 4.78 is 0. The van der Waals surface area contributed by atoms with Crippen molar-refractivity contribution in [2.45, 2.75) is 32.2 Å². The summed E-state index contributed by atoms with van der Waals surface area (Å²) in [5.41, 5.74) is 0.204. The number of nitrogens with zero attached hydrogens (tertiary/aromatic N) is 3. The maximum atomic E-state index is 13.9. The molecule has 0 bridgehead atoms. The number of unbranched alkanes of at least 4 members (excludes halogenated alkanes) is 1. The Balaban J connectivity index is 1.93. The van der Waals surface area contributed by atoms with Gasteiger partial charge in [0.05, 0.1) is 11.0 Å². The van der Waals surface area contributed by atoms with Crippen molar-refractivity contribution in [2.24, 2.45) is 5.41 Å². The number of imide groups is 2. The predicted molar refractivity (Wildman–Crippen MR) is 117 cm³/mol. The van der Waals surface area contributed by atoms with Crippen LogP contribution in [0, 0.1) is 15.5 Å². The largest absolute Gasteiger partial charge is 0.366 e. The van der Waals surface area contributed by atoms with E-state index in [2.05, 4.69) is 5.32 Å². The van der Waals surface area contributed by atoms with Crippen LogP contribution >= 0.6 is 0 Å². The average Bonchev–Trinajstić information content (AvgIpc) is 2.78. The van der Waals surface area contributed by atoms with Gasteiger partial charge in [-0.05, 0) is 23.6 Å². The maximum absolute atomic E-state index is 13.9. The summed E-state index contributed by atoms with van der Waals surface area (Å²) in [4.78, 5) is 53.6. The van der Waals surface area contributed by atoms with Crippen molar-refractivity contribution >= 4 is 29.2 Å². The third-order valence-electron chi connectivity index (χ3n) is 6.33. The van der Waals surface area contributed by atoms with Crippen molar-refractivity contribution in [2.75, 3.05) is 18.5 Å². The molecular weight excluding hydrogens is 412 g/mol. The van der Waals surface area contributed by atoms with E-state index in [1.807, 2.05) is 42.2 Å². The number of carbonyl (C=O) groups is 3. The van der Waals surface area contributed by atoms with Crippen molar-refractivity contribution in [3.63, 3.8) is 0 Å². The molecule has 0 aliphatic carbocycles. The number of nitrogens with one attached hydrogen (secondary N) is 1. The highest BCUT2D eigenvalue weighted by molar-refractivity contribution is 6.20. The number of nitro benzene ring substituents is 1. The molecule has 1 fully saturated rings. The van der Waals surface area contributed by atoms with Crippen LogP contribution in [-0.2, 0) is 16.0 Å². The zero-order valence-electron chi connectivity index (χ0n) is 17.9. The molecule has 9 heteroatoms. The third-order valence-corrected chi connectivity index (χ3v) is 6.33. The molecule has 4 rings (SSSR count). The lowest BCUT2D eigenvalue weighted by Crippen LogP contribution is -2.69. The van der Waals surface area contributed by atoms with Gasteiger partial charge in [-0.15, -0.1) is 0 Å². The van der Waals surface area contributed by atoms with E-state index in [-0.39, 0.29) is 18.7 Å². The lowest BCUT2D eigenvalue weighted by atomic mass is 9.66. The number of amides is 4. The van der Waals surface area contributed by atoms with Gasteiger partial charge in [-0.3, -0.25) is 29.9 Å². The first-order valence-electron chi connectivity index (χ1n) is 10.5. The molecule has 2 aromatic rings. The number of nitro groups is 1. The normalized spacial score (nSPS) is 22.7. The second-order valence-corrected chi connectivity index (χ2v) is 8.21.